The second-order valence-corrected chi connectivity index (χ2v) is 6.38. The molecule has 1 heterocycles. The summed E-state index contributed by atoms with van der Waals surface area (Å²) in [4.78, 5) is 12.1. The minimum absolute atomic E-state index is 0.0844. The summed E-state index contributed by atoms with van der Waals surface area (Å²) in [7, 11) is 1.70. The number of benzene rings is 1. The first-order valence-electron chi connectivity index (χ1n) is 7.93. The minimum atomic E-state index is -0.277. The van der Waals surface area contributed by atoms with Gasteiger partial charge in [-0.05, 0) is 36.1 Å². The number of anilines is 2. The Balaban J connectivity index is 1.89. The number of hydrogen-bond donors (Lipinski definition) is 2. The summed E-state index contributed by atoms with van der Waals surface area (Å²) in [5, 5.41) is 14.1. The number of methoxy groups -OCH3 is 1. The highest BCUT2D eigenvalue weighted by atomic mass is 16.5. The van der Waals surface area contributed by atoms with Crippen LogP contribution in [0.2, 0.25) is 0 Å². The van der Waals surface area contributed by atoms with Crippen LogP contribution in [0.4, 0.5) is 11.5 Å². The number of carbonyl (C=O) groups excluding carboxylic acids is 1. The molecule has 0 aliphatic heterocycles. The molecule has 0 aliphatic rings. The zero-order valence-corrected chi connectivity index (χ0v) is 14.4. The predicted molar refractivity (Wildman–Crippen MR) is 95.2 cm³/mol. The number of amides is 1. The molecule has 1 aromatic heterocycles. The van der Waals surface area contributed by atoms with Crippen molar-refractivity contribution in [3.8, 4) is 0 Å². The number of carbonyl (C=O) groups is 1. The van der Waals surface area contributed by atoms with Crippen molar-refractivity contribution >= 4 is 17.4 Å². The molecule has 2 N–H and O–H groups in total. The zero-order valence-electron chi connectivity index (χ0n) is 14.4. The molecule has 6 heteroatoms. The fraction of sp³-hybridized carbons (Fsp3) is 0.389. The van der Waals surface area contributed by atoms with Gasteiger partial charge in [0.1, 0.15) is 5.82 Å². The Bertz CT molecular complexity index is 642. The molecule has 0 bridgehead atoms. The van der Waals surface area contributed by atoms with Gasteiger partial charge in [0.05, 0.1) is 0 Å². The standard InChI is InChI=1S/C18H24N4O2/c1-18(2,11-12-24-3)13-19-16-10-9-15(21-22-16)17(23)20-14-7-5-4-6-8-14/h4-10H,11-13H2,1-3H3,(H,19,22)(H,20,23). The highest BCUT2D eigenvalue weighted by Gasteiger charge is 2.17. The molecule has 128 valence electrons. The molecule has 0 radical (unpaired) electrons. The van der Waals surface area contributed by atoms with E-state index in [0.29, 0.717) is 5.82 Å². The maximum absolute atomic E-state index is 12.1. The number of aromatic nitrogens is 2. The van der Waals surface area contributed by atoms with Gasteiger partial charge in [0.25, 0.3) is 5.91 Å². The van der Waals surface area contributed by atoms with Crippen LogP contribution in [0.3, 0.4) is 0 Å². The predicted octanol–water partition coefficient (Wildman–Crippen LogP) is 3.20. The molecular formula is C18H24N4O2. The van der Waals surface area contributed by atoms with E-state index in [4.69, 9.17) is 4.74 Å². The van der Waals surface area contributed by atoms with Crippen molar-refractivity contribution in [3.63, 3.8) is 0 Å². The third-order valence-electron chi connectivity index (χ3n) is 3.66. The van der Waals surface area contributed by atoms with Gasteiger partial charge in [0, 0.05) is 25.9 Å². The van der Waals surface area contributed by atoms with Gasteiger partial charge in [-0.3, -0.25) is 4.79 Å². The molecule has 6 nitrogen and oxygen atoms in total. The number of hydrogen-bond acceptors (Lipinski definition) is 5. The lowest BCUT2D eigenvalue weighted by atomic mass is 9.90. The second-order valence-electron chi connectivity index (χ2n) is 6.38. The Morgan fingerprint density at radius 2 is 1.88 bits per heavy atom. The molecule has 2 rings (SSSR count). The van der Waals surface area contributed by atoms with E-state index in [0.717, 1.165) is 25.3 Å². The van der Waals surface area contributed by atoms with E-state index in [2.05, 4.69) is 34.7 Å². The molecular weight excluding hydrogens is 304 g/mol. The van der Waals surface area contributed by atoms with Crippen LogP contribution in [-0.2, 0) is 4.74 Å². The summed E-state index contributed by atoms with van der Waals surface area (Å²) in [5.41, 5.74) is 1.09. The largest absolute Gasteiger partial charge is 0.385 e. The van der Waals surface area contributed by atoms with Crippen molar-refractivity contribution in [2.75, 3.05) is 30.9 Å². The molecule has 0 spiro atoms. The lowest BCUT2D eigenvalue weighted by Crippen LogP contribution is -2.25. The van der Waals surface area contributed by atoms with Crippen LogP contribution in [0.1, 0.15) is 30.8 Å². The monoisotopic (exact) mass is 328 g/mol. The topological polar surface area (TPSA) is 76.1 Å². The first-order valence-corrected chi connectivity index (χ1v) is 7.93. The van der Waals surface area contributed by atoms with Crippen LogP contribution in [-0.4, -0.2) is 36.4 Å². The summed E-state index contributed by atoms with van der Waals surface area (Å²) >= 11 is 0. The molecule has 1 amide bonds. The maximum Gasteiger partial charge on any atom is 0.276 e. The summed E-state index contributed by atoms with van der Waals surface area (Å²) in [6.45, 7) is 5.79. The van der Waals surface area contributed by atoms with Crippen LogP contribution in [0.15, 0.2) is 42.5 Å². The molecule has 2 aromatic rings. The van der Waals surface area contributed by atoms with Crippen LogP contribution < -0.4 is 10.6 Å². The van der Waals surface area contributed by atoms with E-state index >= 15 is 0 Å². The van der Waals surface area contributed by atoms with Crippen molar-refractivity contribution in [2.24, 2.45) is 5.41 Å². The highest BCUT2D eigenvalue weighted by Crippen LogP contribution is 2.20. The fourth-order valence-corrected chi connectivity index (χ4v) is 2.06. The number of rotatable bonds is 8. The van der Waals surface area contributed by atoms with E-state index in [1.165, 1.54) is 0 Å². The van der Waals surface area contributed by atoms with Crippen molar-refractivity contribution in [1.29, 1.82) is 0 Å². The lowest BCUT2D eigenvalue weighted by molar-refractivity contribution is 0.102. The molecule has 1 aromatic carbocycles. The van der Waals surface area contributed by atoms with Crippen LogP contribution >= 0.6 is 0 Å². The molecule has 0 aliphatic carbocycles. The summed E-state index contributed by atoms with van der Waals surface area (Å²) < 4.78 is 5.12. The van der Waals surface area contributed by atoms with Crippen molar-refractivity contribution in [2.45, 2.75) is 20.3 Å². The van der Waals surface area contributed by atoms with E-state index in [1.54, 1.807) is 19.2 Å². The van der Waals surface area contributed by atoms with Crippen molar-refractivity contribution in [3.05, 3.63) is 48.2 Å². The van der Waals surface area contributed by atoms with Gasteiger partial charge in [-0.25, -0.2) is 0 Å². The Kier molecular flexibility index (Phi) is 6.26. The van der Waals surface area contributed by atoms with Gasteiger partial charge in [0.15, 0.2) is 5.69 Å². The number of nitrogens with zero attached hydrogens (tertiary/aromatic N) is 2. The Labute approximate surface area is 142 Å². The maximum atomic E-state index is 12.1. The number of ether oxygens (including phenoxy) is 1. The summed E-state index contributed by atoms with van der Waals surface area (Å²) in [6, 6.07) is 12.7. The average molecular weight is 328 g/mol. The SMILES string of the molecule is COCCC(C)(C)CNc1ccc(C(=O)Nc2ccccc2)nn1. The van der Waals surface area contributed by atoms with Gasteiger partial charge in [-0.1, -0.05) is 32.0 Å². The van der Waals surface area contributed by atoms with E-state index in [9.17, 15) is 4.79 Å². The van der Waals surface area contributed by atoms with Gasteiger partial charge < -0.3 is 15.4 Å². The Hall–Kier alpha value is -2.47. The highest BCUT2D eigenvalue weighted by molar-refractivity contribution is 6.02. The Morgan fingerprint density at radius 1 is 1.12 bits per heavy atom. The van der Waals surface area contributed by atoms with Crippen molar-refractivity contribution < 1.29 is 9.53 Å². The number of nitrogens with one attached hydrogen (secondary N) is 2. The van der Waals surface area contributed by atoms with Crippen molar-refractivity contribution in [1.82, 2.24) is 10.2 Å². The molecule has 24 heavy (non-hydrogen) atoms. The average Bonchev–Trinajstić information content (AvgIpc) is 2.60. The van der Waals surface area contributed by atoms with E-state index in [1.807, 2.05) is 30.3 Å². The first-order chi connectivity index (χ1) is 11.5. The summed E-state index contributed by atoms with van der Waals surface area (Å²) in [6.07, 6.45) is 0.946. The third-order valence-corrected chi connectivity index (χ3v) is 3.66. The second kappa shape index (κ2) is 8.40. The molecule has 0 unspecified atom stereocenters. The third kappa shape index (κ3) is 5.62. The minimum Gasteiger partial charge on any atom is -0.385 e. The fourth-order valence-electron chi connectivity index (χ4n) is 2.06. The Morgan fingerprint density at radius 3 is 2.50 bits per heavy atom. The summed E-state index contributed by atoms with van der Waals surface area (Å²) in [5.74, 6) is 0.373. The first kappa shape index (κ1) is 17.9. The molecule has 0 saturated heterocycles. The van der Waals surface area contributed by atoms with Gasteiger partial charge >= 0.3 is 0 Å². The van der Waals surface area contributed by atoms with Gasteiger partial charge in [0.2, 0.25) is 0 Å². The molecule has 0 atom stereocenters. The molecule has 0 saturated carbocycles. The van der Waals surface area contributed by atoms with Gasteiger partial charge in [-0.2, -0.15) is 0 Å². The van der Waals surface area contributed by atoms with Gasteiger partial charge in [-0.15, -0.1) is 10.2 Å². The quantitative estimate of drug-likeness (QED) is 0.778. The van der Waals surface area contributed by atoms with E-state index in [-0.39, 0.29) is 17.0 Å². The van der Waals surface area contributed by atoms with E-state index < -0.39 is 0 Å². The number of para-hydroxylation sites is 1. The van der Waals surface area contributed by atoms with Crippen LogP contribution in [0.25, 0.3) is 0 Å². The smallest absolute Gasteiger partial charge is 0.276 e. The van der Waals surface area contributed by atoms with Crippen LogP contribution in [0, 0.1) is 5.41 Å². The molecule has 0 fully saturated rings. The zero-order chi connectivity index (χ0) is 17.4. The lowest BCUT2D eigenvalue weighted by Gasteiger charge is -2.24. The van der Waals surface area contributed by atoms with Crippen LogP contribution in [0.5, 0.6) is 0 Å². The normalized spacial score (nSPS) is 11.1.